The Morgan fingerprint density at radius 2 is 2.10 bits per heavy atom. The number of methoxy groups -OCH3 is 2. The summed E-state index contributed by atoms with van der Waals surface area (Å²) in [5, 5.41) is 20.9. The maximum absolute atomic E-state index is 12.3. The fourth-order valence-corrected chi connectivity index (χ4v) is 3.29. The summed E-state index contributed by atoms with van der Waals surface area (Å²) < 4.78 is 16.3. The highest BCUT2D eigenvalue weighted by atomic mass is 16.7. The Kier molecular flexibility index (Phi) is 3.02. The van der Waals surface area contributed by atoms with Crippen LogP contribution in [0, 0.1) is 0 Å². The minimum absolute atomic E-state index is 0.108. The van der Waals surface area contributed by atoms with Gasteiger partial charge in [-0.3, -0.25) is 4.79 Å². The second-order valence-corrected chi connectivity index (χ2v) is 5.83. The molecule has 6 nitrogen and oxygen atoms in total. The lowest BCUT2D eigenvalue weighted by atomic mass is 9.76. The molecule has 2 aliphatic rings. The zero-order chi connectivity index (χ0) is 15.4. The number of carbonyl (C=O) groups excluding carboxylic acids is 1. The number of phenolic OH excluding ortho intramolecular Hbond substituents is 1. The van der Waals surface area contributed by atoms with Gasteiger partial charge in [-0.2, -0.15) is 0 Å². The summed E-state index contributed by atoms with van der Waals surface area (Å²) in [7, 11) is 2.96. The molecule has 0 radical (unpaired) electrons. The number of Topliss-reactive ketones (excluding diaryl/α,β-unsaturated/α-hetero) is 1. The van der Waals surface area contributed by atoms with E-state index in [1.165, 1.54) is 20.3 Å². The topological polar surface area (TPSA) is 85.2 Å². The van der Waals surface area contributed by atoms with E-state index in [4.69, 9.17) is 14.2 Å². The van der Waals surface area contributed by atoms with Crippen LogP contribution in [0.2, 0.25) is 0 Å². The standard InChI is InChI=1S/C15H18O6/c1-14(20-3)7-15(18)6-11(17)12-9(13(15)21-14)4-8(19-2)5-10(12)16/h4-5,13,16,18H,6-7H2,1-3H3. The maximum atomic E-state index is 12.3. The van der Waals surface area contributed by atoms with Gasteiger partial charge in [-0.25, -0.2) is 0 Å². The number of rotatable bonds is 2. The number of ether oxygens (including phenoxy) is 3. The summed E-state index contributed by atoms with van der Waals surface area (Å²) >= 11 is 0. The largest absolute Gasteiger partial charge is 0.507 e. The van der Waals surface area contributed by atoms with Gasteiger partial charge in [0.25, 0.3) is 0 Å². The zero-order valence-corrected chi connectivity index (χ0v) is 12.2. The van der Waals surface area contributed by atoms with Gasteiger partial charge in [-0.05, 0) is 13.0 Å². The molecule has 114 valence electrons. The van der Waals surface area contributed by atoms with Crippen molar-refractivity contribution in [2.24, 2.45) is 0 Å². The number of fused-ring (bicyclic) bond motifs is 3. The predicted octanol–water partition coefficient (Wildman–Crippen LogP) is 1.54. The molecule has 6 heteroatoms. The Bertz CT molecular complexity index is 612. The third-order valence-corrected chi connectivity index (χ3v) is 4.30. The summed E-state index contributed by atoms with van der Waals surface area (Å²) in [6.07, 6.45) is -0.662. The highest BCUT2D eigenvalue weighted by molar-refractivity contribution is 6.02. The van der Waals surface area contributed by atoms with Crippen molar-refractivity contribution in [1.29, 1.82) is 0 Å². The van der Waals surface area contributed by atoms with Crippen LogP contribution in [0.5, 0.6) is 11.5 Å². The van der Waals surface area contributed by atoms with E-state index >= 15 is 0 Å². The van der Waals surface area contributed by atoms with Crippen molar-refractivity contribution in [1.82, 2.24) is 0 Å². The van der Waals surface area contributed by atoms with E-state index in [0.717, 1.165) is 0 Å². The normalized spacial score (nSPS) is 34.5. The Hall–Kier alpha value is -1.63. The lowest BCUT2D eigenvalue weighted by Gasteiger charge is -2.33. The van der Waals surface area contributed by atoms with Crippen molar-refractivity contribution >= 4 is 5.78 Å². The molecule has 1 aliphatic carbocycles. The smallest absolute Gasteiger partial charge is 0.169 e. The molecule has 1 fully saturated rings. The Morgan fingerprint density at radius 1 is 1.38 bits per heavy atom. The third-order valence-electron chi connectivity index (χ3n) is 4.30. The number of phenols is 1. The van der Waals surface area contributed by atoms with E-state index in [2.05, 4.69) is 0 Å². The van der Waals surface area contributed by atoms with Crippen LogP contribution < -0.4 is 4.74 Å². The molecule has 0 bridgehead atoms. The SMILES string of the molecule is COc1cc(O)c2c(c1)C1OC(C)(OC)CC1(O)CC2=O. The van der Waals surface area contributed by atoms with Gasteiger partial charge in [0, 0.05) is 31.6 Å². The van der Waals surface area contributed by atoms with Crippen LogP contribution in [-0.2, 0) is 9.47 Å². The molecule has 3 atom stereocenters. The molecule has 0 spiro atoms. The maximum Gasteiger partial charge on any atom is 0.169 e. The first-order valence-electron chi connectivity index (χ1n) is 6.71. The van der Waals surface area contributed by atoms with E-state index in [0.29, 0.717) is 11.3 Å². The van der Waals surface area contributed by atoms with Crippen LogP contribution in [0.4, 0.5) is 0 Å². The van der Waals surface area contributed by atoms with Gasteiger partial charge in [-0.1, -0.05) is 0 Å². The van der Waals surface area contributed by atoms with Crippen LogP contribution in [0.3, 0.4) is 0 Å². The molecule has 1 aliphatic heterocycles. The first kappa shape index (κ1) is 14.3. The predicted molar refractivity (Wildman–Crippen MR) is 72.4 cm³/mol. The van der Waals surface area contributed by atoms with E-state index in [1.807, 2.05) is 0 Å². The number of aromatic hydroxyl groups is 1. The average molecular weight is 294 g/mol. The van der Waals surface area contributed by atoms with E-state index in [9.17, 15) is 15.0 Å². The number of hydrogen-bond acceptors (Lipinski definition) is 6. The Labute approximate surface area is 122 Å². The van der Waals surface area contributed by atoms with Crippen LogP contribution >= 0.6 is 0 Å². The fourth-order valence-electron chi connectivity index (χ4n) is 3.29. The molecule has 0 aromatic heterocycles. The minimum atomic E-state index is -1.34. The quantitative estimate of drug-likeness (QED) is 0.860. The summed E-state index contributed by atoms with van der Waals surface area (Å²) in [6, 6.07) is 2.99. The lowest BCUT2D eigenvalue weighted by molar-refractivity contribution is -0.202. The van der Waals surface area contributed by atoms with E-state index in [-0.39, 0.29) is 29.9 Å². The molecule has 3 unspecified atom stereocenters. The van der Waals surface area contributed by atoms with Crippen molar-refractivity contribution in [3.63, 3.8) is 0 Å². The first-order chi connectivity index (χ1) is 9.82. The highest BCUT2D eigenvalue weighted by Crippen LogP contribution is 2.54. The number of ketones is 1. The summed E-state index contributed by atoms with van der Waals surface area (Å²) in [6.45, 7) is 1.72. The van der Waals surface area contributed by atoms with E-state index in [1.54, 1.807) is 13.0 Å². The summed E-state index contributed by atoms with van der Waals surface area (Å²) in [5.74, 6) is -1.04. The zero-order valence-electron chi connectivity index (χ0n) is 12.2. The second-order valence-electron chi connectivity index (χ2n) is 5.83. The van der Waals surface area contributed by atoms with Gasteiger partial charge >= 0.3 is 0 Å². The van der Waals surface area contributed by atoms with Gasteiger partial charge in [0.1, 0.15) is 23.2 Å². The molecule has 1 heterocycles. The van der Waals surface area contributed by atoms with E-state index < -0.39 is 17.5 Å². The van der Waals surface area contributed by atoms with Crippen LogP contribution in [0.1, 0.15) is 41.8 Å². The van der Waals surface area contributed by atoms with Crippen molar-refractivity contribution in [2.75, 3.05) is 14.2 Å². The van der Waals surface area contributed by atoms with Crippen LogP contribution in [-0.4, -0.2) is 41.6 Å². The molecular weight excluding hydrogens is 276 g/mol. The Balaban J connectivity index is 2.17. The third kappa shape index (κ3) is 2.02. The van der Waals surface area contributed by atoms with Crippen molar-refractivity contribution in [2.45, 2.75) is 37.3 Å². The van der Waals surface area contributed by atoms with Crippen molar-refractivity contribution in [3.8, 4) is 11.5 Å². The minimum Gasteiger partial charge on any atom is -0.507 e. The summed E-state index contributed by atoms with van der Waals surface area (Å²) in [5.41, 5.74) is -0.717. The van der Waals surface area contributed by atoms with Gasteiger partial charge in [0.15, 0.2) is 11.6 Å². The summed E-state index contributed by atoms with van der Waals surface area (Å²) in [4.78, 5) is 12.3. The molecule has 21 heavy (non-hydrogen) atoms. The molecule has 1 saturated heterocycles. The Morgan fingerprint density at radius 3 is 2.71 bits per heavy atom. The fraction of sp³-hybridized carbons (Fsp3) is 0.533. The van der Waals surface area contributed by atoms with Crippen LogP contribution in [0.25, 0.3) is 0 Å². The van der Waals surface area contributed by atoms with Crippen molar-refractivity contribution < 1.29 is 29.2 Å². The van der Waals surface area contributed by atoms with Gasteiger partial charge < -0.3 is 24.4 Å². The van der Waals surface area contributed by atoms with Crippen molar-refractivity contribution in [3.05, 3.63) is 23.3 Å². The highest BCUT2D eigenvalue weighted by Gasteiger charge is 2.58. The molecule has 0 amide bonds. The lowest BCUT2D eigenvalue weighted by Crippen LogP contribution is -2.40. The molecule has 1 aromatic rings. The molecule has 3 rings (SSSR count). The van der Waals surface area contributed by atoms with Gasteiger partial charge in [-0.15, -0.1) is 0 Å². The number of aliphatic hydroxyl groups is 1. The molecule has 1 aromatic carbocycles. The molecule has 2 N–H and O–H groups in total. The van der Waals surface area contributed by atoms with Gasteiger partial charge in [0.2, 0.25) is 0 Å². The molecular formula is C15H18O6. The van der Waals surface area contributed by atoms with Gasteiger partial charge in [0.05, 0.1) is 12.7 Å². The monoisotopic (exact) mass is 294 g/mol. The number of carbonyl (C=O) groups is 1. The second kappa shape index (κ2) is 4.43. The molecule has 0 saturated carbocycles. The number of benzene rings is 1. The van der Waals surface area contributed by atoms with Crippen LogP contribution in [0.15, 0.2) is 12.1 Å². The average Bonchev–Trinajstić information content (AvgIpc) is 2.69. The first-order valence-corrected chi connectivity index (χ1v) is 6.71. The number of hydrogen-bond donors (Lipinski definition) is 2.